The number of methoxy groups -OCH3 is 1. The molecule has 0 radical (unpaired) electrons. The Morgan fingerprint density at radius 2 is 1.73 bits per heavy atom. The largest absolute Gasteiger partial charge is 0.460 e. The summed E-state index contributed by atoms with van der Waals surface area (Å²) in [5.41, 5.74) is 3.05. The Labute approximate surface area is 175 Å². The van der Waals surface area contributed by atoms with E-state index in [1.54, 1.807) is 24.3 Å². The zero-order valence-corrected chi connectivity index (χ0v) is 17.2. The molecular weight excluding hydrogens is 380 g/mol. The summed E-state index contributed by atoms with van der Waals surface area (Å²) in [7, 11) is 1.46. The number of fused-ring (bicyclic) bond motifs is 1. The molecule has 6 nitrogen and oxygen atoms in total. The van der Waals surface area contributed by atoms with E-state index in [1.807, 2.05) is 30.3 Å². The summed E-state index contributed by atoms with van der Waals surface area (Å²) in [6, 6.07) is 14.8. The van der Waals surface area contributed by atoms with Crippen LogP contribution in [0.1, 0.15) is 31.1 Å². The summed E-state index contributed by atoms with van der Waals surface area (Å²) in [5.74, 6) is 0.430. The monoisotopic (exact) mass is 406 g/mol. The van der Waals surface area contributed by atoms with Crippen molar-refractivity contribution in [3.05, 3.63) is 65.9 Å². The number of rotatable bonds is 9. The number of carbonyl (C=O) groups excluding carboxylic acids is 2. The lowest BCUT2D eigenvalue weighted by Crippen LogP contribution is -2.17. The number of hydrogen-bond donors (Lipinski definition) is 2. The average Bonchev–Trinajstić information content (AvgIpc) is 3.09. The fourth-order valence-corrected chi connectivity index (χ4v) is 3.13. The summed E-state index contributed by atoms with van der Waals surface area (Å²) < 4.78 is 10.8. The van der Waals surface area contributed by atoms with E-state index in [9.17, 15) is 9.59 Å². The first-order valence-corrected chi connectivity index (χ1v) is 9.99. The van der Waals surface area contributed by atoms with Crippen LogP contribution < -0.4 is 10.6 Å². The molecular formula is C24H26N2O4. The summed E-state index contributed by atoms with van der Waals surface area (Å²) in [5, 5.41) is 6.54. The zero-order valence-electron chi connectivity index (χ0n) is 17.2. The van der Waals surface area contributed by atoms with Crippen LogP contribution >= 0.6 is 0 Å². The van der Waals surface area contributed by atoms with Crippen molar-refractivity contribution in [3.63, 3.8) is 0 Å². The standard InChI is InChI=1S/C24H26N2O4/c1-3-4-8-21-20(19-7-5-6-9-22(19)30-21)14-15-23(27)25-17-10-12-18(13-11-17)26-24(28)16-29-2/h5-7,9-15H,3-4,8,16H2,1-2H3,(H,25,27)(H,26,28)/b15-14+. The van der Waals surface area contributed by atoms with Crippen LogP contribution in [0.3, 0.4) is 0 Å². The highest BCUT2D eigenvalue weighted by Crippen LogP contribution is 2.28. The molecule has 0 saturated carbocycles. The first-order chi connectivity index (χ1) is 14.6. The second-order valence-electron chi connectivity index (χ2n) is 6.92. The molecule has 6 heteroatoms. The number of amides is 2. The van der Waals surface area contributed by atoms with Gasteiger partial charge in [-0.25, -0.2) is 0 Å². The van der Waals surface area contributed by atoms with E-state index in [0.29, 0.717) is 11.4 Å². The fourth-order valence-electron chi connectivity index (χ4n) is 3.13. The Morgan fingerprint density at radius 1 is 1.03 bits per heavy atom. The van der Waals surface area contributed by atoms with Crippen molar-refractivity contribution in [2.24, 2.45) is 0 Å². The van der Waals surface area contributed by atoms with Gasteiger partial charge in [0.15, 0.2) is 0 Å². The minimum atomic E-state index is -0.238. The number of para-hydroxylation sites is 1. The maximum absolute atomic E-state index is 12.4. The smallest absolute Gasteiger partial charge is 0.250 e. The maximum atomic E-state index is 12.4. The van der Waals surface area contributed by atoms with Crippen molar-refractivity contribution >= 4 is 40.2 Å². The third-order valence-electron chi connectivity index (χ3n) is 4.58. The van der Waals surface area contributed by atoms with Crippen molar-refractivity contribution in [1.82, 2.24) is 0 Å². The van der Waals surface area contributed by atoms with Gasteiger partial charge >= 0.3 is 0 Å². The molecule has 1 heterocycles. The third kappa shape index (κ3) is 5.58. The van der Waals surface area contributed by atoms with Crippen LogP contribution in [0.25, 0.3) is 17.0 Å². The molecule has 0 aliphatic carbocycles. The minimum absolute atomic E-state index is 0.00772. The number of benzene rings is 2. The van der Waals surface area contributed by atoms with E-state index in [0.717, 1.165) is 41.6 Å². The summed E-state index contributed by atoms with van der Waals surface area (Å²) in [6.07, 6.45) is 6.26. The zero-order chi connectivity index (χ0) is 21.3. The highest BCUT2D eigenvalue weighted by Gasteiger charge is 2.11. The topological polar surface area (TPSA) is 80.6 Å². The van der Waals surface area contributed by atoms with Gasteiger partial charge in [0, 0.05) is 41.9 Å². The fraction of sp³-hybridized carbons (Fsp3) is 0.250. The molecule has 0 aliphatic rings. The van der Waals surface area contributed by atoms with Crippen molar-refractivity contribution in [2.45, 2.75) is 26.2 Å². The molecule has 2 N–H and O–H groups in total. The highest BCUT2D eigenvalue weighted by molar-refractivity contribution is 6.03. The highest BCUT2D eigenvalue weighted by atomic mass is 16.5. The summed E-state index contributed by atoms with van der Waals surface area (Å²) >= 11 is 0. The Hall–Kier alpha value is -3.38. The van der Waals surface area contributed by atoms with Gasteiger partial charge in [-0.2, -0.15) is 0 Å². The molecule has 2 aromatic carbocycles. The van der Waals surface area contributed by atoms with E-state index in [2.05, 4.69) is 17.6 Å². The lowest BCUT2D eigenvalue weighted by atomic mass is 10.1. The van der Waals surface area contributed by atoms with Crippen LogP contribution in [0.15, 0.2) is 59.0 Å². The lowest BCUT2D eigenvalue weighted by molar-refractivity contribution is -0.119. The molecule has 0 fully saturated rings. The van der Waals surface area contributed by atoms with Gasteiger partial charge in [-0.15, -0.1) is 0 Å². The molecule has 156 valence electrons. The Bertz CT molecular complexity index is 1040. The predicted octanol–water partition coefficient (Wildman–Crippen LogP) is 5.01. The summed E-state index contributed by atoms with van der Waals surface area (Å²) in [6.45, 7) is 2.13. The number of nitrogens with one attached hydrogen (secondary N) is 2. The Balaban J connectivity index is 1.68. The van der Waals surface area contributed by atoms with Gasteiger partial charge < -0.3 is 19.8 Å². The van der Waals surface area contributed by atoms with Gasteiger partial charge in [-0.05, 0) is 42.8 Å². The maximum Gasteiger partial charge on any atom is 0.250 e. The van der Waals surface area contributed by atoms with Crippen molar-refractivity contribution in [1.29, 1.82) is 0 Å². The van der Waals surface area contributed by atoms with Gasteiger partial charge in [0.25, 0.3) is 0 Å². The number of ether oxygens (including phenoxy) is 1. The van der Waals surface area contributed by atoms with Gasteiger partial charge in [-0.3, -0.25) is 9.59 Å². The predicted molar refractivity (Wildman–Crippen MR) is 119 cm³/mol. The molecule has 1 aromatic heterocycles. The Kier molecular flexibility index (Phi) is 7.40. The Morgan fingerprint density at radius 3 is 2.43 bits per heavy atom. The number of hydrogen-bond acceptors (Lipinski definition) is 4. The molecule has 0 atom stereocenters. The van der Waals surface area contributed by atoms with Crippen molar-refractivity contribution in [3.8, 4) is 0 Å². The van der Waals surface area contributed by atoms with Gasteiger partial charge in [0.1, 0.15) is 18.0 Å². The van der Waals surface area contributed by atoms with E-state index in [1.165, 1.54) is 13.2 Å². The first kappa shape index (κ1) is 21.3. The quantitative estimate of drug-likeness (QED) is 0.489. The van der Waals surface area contributed by atoms with E-state index in [-0.39, 0.29) is 18.4 Å². The number of aryl methyl sites for hydroxylation is 1. The second kappa shape index (κ2) is 10.4. The normalized spacial score (nSPS) is 11.1. The molecule has 3 rings (SSSR count). The SMILES string of the molecule is CCCCc1oc2ccccc2c1/C=C/C(=O)Nc1ccc(NC(=O)COC)cc1. The molecule has 0 saturated heterocycles. The van der Waals surface area contributed by atoms with E-state index < -0.39 is 0 Å². The first-order valence-electron chi connectivity index (χ1n) is 9.99. The van der Waals surface area contributed by atoms with Crippen molar-refractivity contribution < 1.29 is 18.7 Å². The number of furan rings is 1. The number of carbonyl (C=O) groups is 2. The van der Waals surface area contributed by atoms with Gasteiger partial charge in [0.05, 0.1) is 0 Å². The van der Waals surface area contributed by atoms with Crippen LogP contribution in [-0.2, 0) is 20.7 Å². The van der Waals surface area contributed by atoms with Crippen LogP contribution in [0.2, 0.25) is 0 Å². The average molecular weight is 406 g/mol. The molecule has 0 bridgehead atoms. The van der Waals surface area contributed by atoms with Crippen LogP contribution in [0.4, 0.5) is 11.4 Å². The second-order valence-corrected chi connectivity index (χ2v) is 6.92. The lowest BCUT2D eigenvalue weighted by Gasteiger charge is -2.06. The summed E-state index contributed by atoms with van der Waals surface area (Å²) in [4.78, 5) is 23.9. The third-order valence-corrected chi connectivity index (χ3v) is 4.58. The van der Waals surface area contributed by atoms with Crippen LogP contribution in [0, 0.1) is 0 Å². The van der Waals surface area contributed by atoms with Gasteiger partial charge in [-0.1, -0.05) is 31.5 Å². The number of anilines is 2. The van der Waals surface area contributed by atoms with Crippen LogP contribution in [0.5, 0.6) is 0 Å². The molecule has 0 spiro atoms. The molecule has 30 heavy (non-hydrogen) atoms. The van der Waals surface area contributed by atoms with E-state index in [4.69, 9.17) is 9.15 Å². The van der Waals surface area contributed by atoms with Crippen LogP contribution in [-0.4, -0.2) is 25.5 Å². The molecule has 0 aliphatic heterocycles. The molecule has 0 unspecified atom stereocenters. The molecule has 2 amide bonds. The number of unbranched alkanes of at least 4 members (excludes halogenated alkanes) is 1. The van der Waals surface area contributed by atoms with E-state index >= 15 is 0 Å². The van der Waals surface area contributed by atoms with Gasteiger partial charge in [0.2, 0.25) is 11.8 Å². The molecule has 3 aromatic rings. The minimum Gasteiger partial charge on any atom is -0.460 e. The van der Waals surface area contributed by atoms with Crippen molar-refractivity contribution in [2.75, 3.05) is 24.4 Å².